The molecule has 0 spiro atoms. The number of carbonyl (C=O) groups is 1. The zero-order chi connectivity index (χ0) is 18.4. The van der Waals surface area contributed by atoms with Gasteiger partial charge in [0.1, 0.15) is 11.6 Å². The van der Waals surface area contributed by atoms with Gasteiger partial charge < -0.3 is 14.6 Å². The predicted octanol–water partition coefficient (Wildman–Crippen LogP) is 3.95. The number of hydrogen-bond donors (Lipinski definition) is 1. The van der Waals surface area contributed by atoms with Crippen molar-refractivity contribution in [2.45, 2.75) is 33.2 Å². The van der Waals surface area contributed by atoms with E-state index in [0.29, 0.717) is 25.3 Å². The second-order valence-electron chi connectivity index (χ2n) is 6.28. The first-order valence-electron chi connectivity index (χ1n) is 9.12. The highest BCUT2D eigenvalue weighted by molar-refractivity contribution is 5.94. The minimum Gasteiger partial charge on any atom is -0.494 e. The number of amides is 1. The Kier molecular flexibility index (Phi) is 5.89. The molecule has 5 heteroatoms. The Bertz CT molecular complexity index is 869. The Morgan fingerprint density at radius 2 is 1.92 bits per heavy atom. The zero-order valence-corrected chi connectivity index (χ0v) is 15.4. The fraction of sp³-hybridized carbons (Fsp3) is 0.333. The maximum atomic E-state index is 12.3. The highest BCUT2D eigenvalue weighted by Gasteiger charge is 2.08. The Morgan fingerprint density at radius 1 is 1.15 bits per heavy atom. The van der Waals surface area contributed by atoms with E-state index in [0.717, 1.165) is 35.4 Å². The van der Waals surface area contributed by atoms with Gasteiger partial charge in [-0.3, -0.25) is 4.79 Å². The minimum absolute atomic E-state index is 0.0767. The number of ether oxygens (including phenoxy) is 1. The Labute approximate surface area is 154 Å². The lowest BCUT2D eigenvalue weighted by molar-refractivity contribution is 0.0952. The van der Waals surface area contributed by atoms with E-state index in [-0.39, 0.29) is 5.91 Å². The molecule has 0 atom stereocenters. The summed E-state index contributed by atoms with van der Waals surface area (Å²) in [4.78, 5) is 16.9. The molecule has 1 amide bonds. The van der Waals surface area contributed by atoms with Crippen LogP contribution in [-0.4, -0.2) is 28.6 Å². The molecule has 1 heterocycles. The maximum Gasteiger partial charge on any atom is 0.251 e. The lowest BCUT2D eigenvalue weighted by Crippen LogP contribution is -2.27. The maximum absolute atomic E-state index is 12.3. The van der Waals surface area contributed by atoms with Gasteiger partial charge in [-0.2, -0.15) is 0 Å². The van der Waals surface area contributed by atoms with E-state index in [4.69, 9.17) is 4.74 Å². The van der Waals surface area contributed by atoms with E-state index in [2.05, 4.69) is 27.9 Å². The molecular formula is C21H25N3O2. The first-order valence-corrected chi connectivity index (χ1v) is 9.12. The number of aryl methyl sites for hydroxylation is 1. The number of para-hydroxylation sites is 2. The normalized spacial score (nSPS) is 10.8. The number of rotatable bonds is 8. The minimum atomic E-state index is -0.0767. The van der Waals surface area contributed by atoms with E-state index < -0.39 is 0 Å². The molecule has 0 saturated heterocycles. The fourth-order valence-corrected chi connectivity index (χ4v) is 2.90. The summed E-state index contributed by atoms with van der Waals surface area (Å²) in [6.07, 6.45) is 2.14. The molecule has 0 aliphatic heterocycles. The van der Waals surface area contributed by atoms with Crippen LogP contribution in [0.1, 0.15) is 35.9 Å². The lowest BCUT2D eigenvalue weighted by Gasteiger charge is -2.09. The molecule has 0 bridgehead atoms. The van der Waals surface area contributed by atoms with Crippen molar-refractivity contribution >= 4 is 16.9 Å². The number of imidazole rings is 1. The summed E-state index contributed by atoms with van der Waals surface area (Å²) in [5.41, 5.74) is 2.71. The van der Waals surface area contributed by atoms with Crippen molar-refractivity contribution in [1.82, 2.24) is 14.9 Å². The molecular weight excluding hydrogens is 326 g/mol. The topological polar surface area (TPSA) is 56.1 Å². The van der Waals surface area contributed by atoms with Crippen LogP contribution in [0.5, 0.6) is 5.75 Å². The third kappa shape index (κ3) is 4.23. The first-order chi connectivity index (χ1) is 12.7. The van der Waals surface area contributed by atoms with Crippen molar-refractivity contribution in [3.8, 4) is 5.75 Å². The molecule has 0 radical (unpaired) electrons. The van der Waals surface area contributed by atoms with E-state index in [9.17, 15) is 4.79 Å². The van der Waals surface area contributed by atoms with Gasteiger partial charge >= 0.3 is 0 Å². The molecule has 0 aliphatic rings. The number of nitrogens with one attached hydrogen (secondary N) is 1. The van der Waals surface area contributed by atoms with E-state index >= 15 is 0 Å². The zero-order valence-electron chi connectivity index (χ0n) is 15.4. The summed E-state index contributed by atoms with van der Waals surface area (Å²) in [5.74, 6) is 1.68. The summed E-state index contributed by atoms with van der Waals surface area (Å²) in [7, 11) is 0. The van der Waals surface area contributed by atoms with Gasteiger partial charge in [0.2, 0.25) is 0 Å². The number of unbranched alkanes of at least 4 members (excludes halogenated alkanes) is 1. The SMILES string of the molecule is CCCCOc1ccc(C(=O)NCCn2c(C)nc3ccccc32)cc1. The second-order valence-corrected chi connectivity index (χ2v) is 6.28. The van der Waals surface area contributed by atoms with Crippen LogP contribution in [0, 0.1) is 6.92 Å². The smallest absolute Gasteiger partial charge is 0.251 e. The molecule has 0 saturated carbocycles. The molecule has 1 N–H and O–H groups in total. The van der Waals surface area contributed by atoms with Crippen LogP contribution in [0.15, 0.2) is 48.5 Å². The molecule has 136 valence electrons. The average molecular weight is 351 g/mol. The molecule has 5 nitrogen and oxygen atoms in total. The number of nitrogens with zero attached hydrogens (tertiary/aromatic N) is 2. The molecule has 3 aromatic rings. The molecule has 0 unspecified atom stereocenters. The van der Waals surface area contributed by atoms with Gasteiger partial charge in [0.25, 0.3) is 5.91 Å². The predicted molar refractivity (Wildman–Crippen MR) is 104 cm³/mol. The van der Waals surface area contributed by atoms with Crippen molar-refractivity contribution in [1.29, 1.82) is 0 Å². The molecule has 1 aromatic heterocycles. The van der Waals surface area contributed by atoms with Crippen LogP contribution < -0.4 is 10.1 Å². The number of benzene rings is 2. The summed E-state index contributed by atoms with van der Waals surface area (Å²) in [6, 6.07) is 15.3. The molecule has 2 aromatic carbocycles. The number of fused-ring (bicyclic) bond motifs is 1. The molecule has 0 fully saturated rings. The van der Waals surface area contributed by atoms with Gasteiger partial charge in [-0.05, 0) is 49.7 Å². The average Bonchev–Trinajstić information content (AvgIpc) is 2.98. The lowest BCUT2D eigenvalue weighted by atomic mass is 10.2. The van der Waals surface area contributed by atoms with Crippen molar-refractivity contribution in [3.63, 3.8) is 0 Å². The highest BCUT2D eigenvalue weighted by atomic mass is 16.5. The van der Waals surface area contributed by atoms with Gasteiger partial charge in [-0.25, -0.2) is 4.98 Å². The Hall–Kier alpha value is -2.82. The number of carbonyl (C=O) groups excluding carboxylic acids is 1. The molecule has 0 aliphatic carbocycles. The van der Waals surface area contributed by atoms with Gasteiger partial charge in [0, 0.05) is 18.7 Å². The largest absolute Gasteiger partial charge is 0.494 e. The second kappa shape index (κ2) is 8.52. The Morgan fingerprint density at radius 3 is 2.69 bits per heavy atom. The summed E-state index contributed by atoms with van der Waals surface area (Å²) >= 11 is 0. The number of aromatic nitrogens is 2. The summed E-state index contributed by atoms with van der Waals surface area (Å²) in [5, 5.41) is 2.97. The van der Waals surface area contributed by atoms with Crippen LogP contribution in [0.25, 0.3) is 11.0 Å². The van der Waals surface area contributed by atoms with Crippen molar-refractivity contribution in [2.24, 2.45) is 0 Å². The van der Waals surface area contributed by atoms with Gasteiger partial charge in [-0.1, -0.05) is 25.5 Å². The van der Waals surface area contributed by atoms with Crippen LogP contribution in [0.3, 0.4) is 0 Å². The third-order valence-corrected chi connectivity index (χ3v) is 4.35. The van der Waals surface area contributed by atoms with Crippen molar-refractivity contribution < 1.29 is 9.53 Å². The first kappa shape index (κ1) is 18.0. The van der Waals surface area contributed by atoms with Gasteiger partial charge in [0.05, 0.1) is 17.6 Å². The highest BCUT2D eigenvalue weighted by Crippen LogP contribution is 2.15. The van der Waals surface area contributed by atoms with Crippen LogP contribution in [-0.2, 0) is 6.54 Å². The van der Waals surface area contributed by atoms with Crippen LogP contribution >= 0.6 is 0 Å². The van der Waals surface area contributed by atoms with Crippen molar-refractivity contribution in [3.05, 3.63) is 59.9 Å². The number of hydrogen-bond acceptors (Lipinski definition) is 3. The van der Waals surface area contributed by atoms with E-state index in [1.807, 2.05) is 37.3 Å². The molecule has 26 heavy (non-hydrogen) atoms. The Balaban J connectivity index is 1.54. The van der Waals surface area contributed by atoms with E-state index in [1.165, 1.54) is 0 Å². The van der Waals surface area contributed by atoms with E-state index in [1.54, 1.807) is 12.1 Å². The van der Waals surface area contributed by atoms with Crippen LogP contribution in [0.4, 0.5) is 0 Å². The standard InChI is InChI=1S/C21H25N3O2/c1-3-4-15-26-18-11-9-17(10-12-18)21(25)22-13-14-24-16(2)23-19-7-5-6-8-20(19)24/h5-12H,3-4,13-15H2,1-2H3,(H,22,25). The summed E-state index contributed by atoms with van der Waals surface area (Å²) < 4.78 is 7.75. The van der Waals surface area contributed by atoms with Gasteiger partial charge in [0.15, 0.2) is 0 Å². The fourth-order valence-electron chi connectivity index (χ4n) is 2.90. The van der Waals surface area contributed by atoms with Crippen molar-refractivity contribution in [2.75, 3.05) is 13.2 Å². The quantitative estimate of drug-likeness (QED) is 0.625. The van der Waals surface area contributed by atoms with Gasteiger partial charge in [-0.15, -0.1) is 0 Å². The third-order valence-electron chi connectivity index (χ3n) is 4.35. The monoisotopic (exact) mass is 351 g/mol. The van der Waals surface area contributed by atoms with Crippen LogP contribution in [0.2, 0.25) is 0 Å². The molecule has 3 rings (SSSR count). The summed E-state index contributed by atoms with van der Waals surface area (Å²) in [6.45, 7) is 6.06.